The molecule has 4 N–H and O–H groups in total. The van der Waals surface area contributed by atoms with Gasteiger partial charge >= 0.3 is 17.4 Å². The van der Waals surface area contributed by atoms with Gasteiger partial charge in [-0.05, 0) is 27.7 Å². The monoisotopic (exact) mass is 348 g/mol. The van der Waals surface area contributed by atoms with Crippen molar-refractivity contribution in [1.82, 2.24) is 0 Å². The third kappa shape index (κ3) is 11000. The van der Waals surface area contributed by atoms with Gasteiger partial charge in [-0.2, -0.15) is 0 Å². The maximum Gasteiger partial charge on any atom is 4.00 e. The zero-order chi connectivity index (χ0) is 17.7. The van der Waals surface area contributed by atoms with Crippen molar-refractivity contribution < 1.29 is 57.0 Å². The second kappa shape index (κ2) is 36.2. The van der Waals surface area contributed by atoms with Crippen LogP contribution >= 0.6 is 0 Å². The van der Waals surface area contributed by atoms with Crippen LogP contribution in [0.1, 0.15) is 27.7 Å². The molecule has 0 fully saturated rings. The third-order valence-electron chi connectivity index (χ3n) is 0.167. The fourth-order valence-corrected chi connectivity index (χ4v) is 0. The van der Waals surface area contributed by atoms with Gasteiger partial charge in [-0.3, -0.25) is 0 Å². The largest absolute Gasteiger partial charge is 4.00 e. The number of carbonyl (C=O) groups is 4. The number of rotatable bonds is 1. The second-order valence-corrected chi connectivity index (χ2v) is 2.54. The summed E-state index contributed by atoms with van der Waals surface area (Å²) in [4.78, 5) is 35.6. The molecule has 0 aliphatic heterocycles. The Bertz CT molecular complexity index is 195. The van der Waals surface area contributed by atoms with Crippen LogP contribution in [0.2, 0.25) is 0 Å². The molecule has 21 heavy (non-hydrogen) atoms. The zero-order valence-electron chi connectivity index (χ0n) is 12.2. The molecular formula is C10H20CrN2O8. The molecule has 0 saturated carbocycles. The summed E-state index contributed by atoms with van der Waals surface area (Å²) in [6.07, 6.45) is 0. The van der Waals surface area contributed by atoms with Gasteiger partial charge in [0.2, 0.25) is 0 Å². The first-order valence-electron chi connectivity index (χ1n) is 4.95. The van der Waals surface area contributed by atoms with Gasteiger partial charge in [0.05, 0.1) is 0 Å². The summed E-state index contributed by atoms with van der Waals surface area (Å²) in [5, 5.41) is 35.6. The molecule has 0 unspecified atom stereocenters. The predicted molar refractivity (Wildman–Crippen MR) is 60.8 cm³/mol. The summed E-state index contributed by atoms with van der Waals surface area (Å²) in [5.41, 5.74) is 9.81. The number of nitrogens with two attached hydrogens (primary N) is 2. The molecule has 0 bridgehead atoms. The van der Waals surface area contributed by atoms with Crippen LogP contribution in [0.15, 0.2) is 0 Å². The van der Waals surface area contributed by atoms with Gasteiger partial charge in [0.25, 0.3) is 0 Å². The Morgan fingerprint density at radius 3 is 0.667 bits per heavy atom. The molecule has 0 atom stereocenters. The summed E-state index contributed by atoms with van der Waals surface area (Å²) < 4.78 is 0. The van der Waals surface area contributed by atoms with E-state index in [4.69, 9.17) is 51.1 Å². The van der Waals surface area contributed by atoms with E-state index in [-0.39, 0.29) is 17.4 Å². The molecule has 10 nitrogen and oxygen atoms in total. The Morgan fingerprint density at radius 1 is 0.619 bits per heavy atom. The molecular weight excluding hydrogens is 328 g/mol. The Balaban J connectivity index is -0.0000000331. The Kier molecular flexibility index (Phi) is 63.0. The summed E-state index contributed by atoms with van der Waals surface area (Å²) in [6, 6.07) is 0. The van der Waals surface area contributed by atoms with Crippen molar-refractivity contribution in [2.45, 2.75) is 27.7 Å². The van der Waals surface area contributed by atoms with Crippen LogP contribution in [0.3, 0.4) is 0 Å². The molecule has 0 rings (SSSR count). The summed E-state index contributed by atoms with van der Waals surface area (Å²) in [6.45, 7) is 5.08. The molecule has 0 amide bonds. The van der Waals surface area contributed by atoms with Crippen LogP contribution in [0.25, 0.3) is 0 Å². The van der Waals surface area contributed by atoms with Crippen molar-refractivity contribution in [1.29, 1.82) is 0 Å². The van der Waals surface area contributed by atoms with Gasteiger partial charge in [-0.15, -0.1) is 0 Å². The molecule has 0 heterocycles. The first kappa shape index (κ1) is 36.6. The number of carboxylic acid groups (broad SMARTS) is 4. The number of hydrogen-bond donors (Lipinski definition) is 2. The van der Waals surface area contributed by atoms with E-state index in [1.54, 1.807) is 0 Å². The molecule has 0 aliphatic rings. The third-order valence-corrected chi connectivity index (χ3v) is 0.167. The molecule has 0 saturated heterocycles. The van der Waals surface area contributed by atoms with Crippen LogP contribution in [-0.2, 0) is 36.5 Å². The van der Waals surface area contributed by atoms with Crippen LogP contribution in [-0.4, -0.2) is 37.0 Å². The van der Waals surface area contributed by atoms with E-state index in [9.17, 15) is 0 Å². The van der Waals surface area contributed by atoms with Gasteiger partial charge in [0.1, 0.15) is 0 Å². The molecule has 124 valence electrons. The Hall–Kier alpha value is -1.67. The quantitative estimate of drug-likeness (QED) is 0.457. The first-order valence-corrected chi connectivity index (χ1v) is 4.95. The smallest absolute Gasteiger partial charge is 0.550 e. The minimum Gasteiger partial charge on any atom is -0.550 e. The second-order valence-electron chi connectivity index (χ2n) is 2.54. The predicted octanol–water partition coefficient (Wildman–Crippen LogP) is -6.07. The van der Waals surface area contributed by atoms with E-state index in [1.807, 2.05) is 0 Å². The van der Waals surface area contributed by atoms with E-state index >= 15 is 0 Å². The van der Waals surface area contributed by atoms with Gasteiger partial charge in [0.15, 0.2) is 0 Å². The van der Waals surface area contributed by atoms with Crippen LogP contribution in [0.5, 0.6) is 0 Å². The average Bonchev–Trinajstić information content (AvgIpc) is 2.13. The number of carbonyl (C=O) groups excluding carboxylic acids is 4. The molecule has 0 aliphatic carbocycles. The van der Waals surface area contributed by atoms with E-state index in [1.165, 1.54) is 0 Å². The van der Waals surface area contributed by atoms with Crippen molar-refractivity contribution in [3.05, 3.63) is 0 Å². The van der Waals surface area contributed by atoms with Gasteiger partial charge < -0.3 is 51.1 Å². The number of hydrogen-bond acceptors (Lipinski definition) is 10. The van der Waals surface area contributed by atoms with Crippen molar-refractivity contribution in [2.24, 2.45) is 11.5 Å². The number of carboxylic acids is 4. The normalized spacial score (nSPS) is 6.19. The maximum atomic E-state index is 8.89. The van der Waals surface area contributed by atoms with Crippen molar-refractivity contribution in [2.75, 3.05) is 13.1 Å². The molecule has 11 heteroatoms. The summed E-state index contributed by atoms with van der Waals surface area (Å²) >= 11 is 0. The molecule has 0 spiro atoms. The standard InChI is InChI=1S/C2H8N2.4C2H4O2.Cr/c3-1-2-4;4*1-2(3)4;/h1-4H2;4*1H3,(H,3,4);/q;;;;;+4/p-4. The van der Waals surface area contributed by atoms with Crippen molar-refractivity contribution in [3.8, 4) is 0 Å². The molecule has 0 aromatic rings. The minimum atomic E-state index is -1.08. The minimum absolute atomic E-state index is 0. The first-order chi connectivity index (χ1) is 8.84. The van der Waals surface area contributed by atoms with Crippen LogP contribution < -0.4 is 31.9 Å². The van der Waals surface area contributed by atoms with Gasteiger partial charge in [-0.25, -0.2) is 0 Å². The van der Waals surface area contributed by atoms with Gasteiger partial charge in [-0.1, -0.05) is 0 Å². The summed E-state index contributed by atoms with van der Waals surface area (Å²) in [5.74, 6) is -4.33. The van der Waals surface area contributed by atoms with Crippen molar-refractivity contribution >= 4 is 23.9 Å². The maximum absolute atomic E-state index is 8.89. The number of aliphatic carboxylic acids is 4. The van der Waals surface area contributed by atoms with Crippen molar-refractivity contribution in [3.63, 3.8) is 0 Å². The average molecular weight is 348 g/mol. The van der Waals surface area contributed by atoms with E-state index in [0.717, 1.165) is 27.7 Å². The van der Waals surface area contributed by atoms with E-state index < -0.39 is 23.9 Å². The van der Waals surface area contributed by atoms with Crippen LogP contribution in [0, 0.1) is 0 Å². The zero-order valence-corrected chi connectivity index (χ0v) is 13.5. The fraction of sp³-hybridized carbons (Fsp3) is 0.600. The molecule has 0 aromatic carbocycles. The Morgan fingerprint density at radius 2 is 0.667 bits per heavy atom. The van der Waals surface area contributed by atoms with Crippen LogP contribution in [0.4, 0.5) is 0 Å². The fourth-order valence-electron chi connectivity index (χ4n) is 0. The summed E-state index contributed by atoms with van der Waals surface area (Å²) in [7, 11) is 0. The van der Waals surface area contributed by atoms with E-state index in [2.05, 4.69) is 0 Å². The van der Waals surface area contributed by atoms with E-state index in [0.29, 0.717) is 13.1 Å². The molecule has 0 aromatic heterocycles. The topological polar surface area (TPSA) is 213 Å². The Labute approximate surface area is 133 Å². The molecule has 0 radical (unpaired) electrons. The van der Waals surface area contributed by atoms with Gasteiger partial charge in [0, 0.05) is 37.0 Å². The SMILES string of the molecule is CC(=O)[O-].CC(=O)[O-].CC(=O)[O-].CC(=O)[O-].NCCN.[Cr+4].